The molecule has 2 heterocycles. The quantitative estimate of drug-likeness (QED) is 0.554. The number of hydrogen-bond acceptors (Lipinski definition) is 6. The predicted octanol–water partition coefficient (Wildman–Crippen LogP) is 3.80. The van der Waals surface area contributed by atoms with E-state index < -0.39 is 0 Å². The van der Waals surface area contributed by atoms with E-state index in [0.29, 0.717) is 17.8 Å². The van der Waals surface area contributed by atoms with E-state index in [9.17, 15) is 14.7 Å². The molecule has 1 aliphatic heterocycles. The van der Waals surface area contributed by atoms with E-state index in [0.717, 1.165) is 50.5 Å². The maximum Gasteiger partial charge on any atom is 0.335 e. The van der Waals surface area contributed by atoms with Crippen LogP contribution in [0.2, 0.25) is 0 Å². The summed E-state index contributed by atoms with van der Waals surface area (Å²) >= 11 is 0. The number of rotatable bonds is 2. The van der Waals surface area contributed by atoms with Crippen LogP contribution in [-0.2, 0) is 14.3 Å². The minimum Gasteiger partial charge on any atom is -0.459 e. The van der Waals surface area contributed by atoms with Crippen molar-refractivity contribution in [1.29, 1.82) is 0 Å². The normalized spacial score (nSPS) is 51.1. The van der Waals surface area contributed by atoms with Gasteiger partial charge in [0.2, 0.25) is 0 Å². The Kier molecular flexibility index (Phi) is 4.37. The minimum absolute atomic E-state index is 0.0471. The first-order valence-corrected chi connectivity index (χ1v) is 12.3. The number of carbonyl (C=O) groups excluding carboxylic acids is 1. The van der Waals surface area contributed by atoms with Gasteiger partial charge in [-0.25, -0.2) is 4.79 Å². The molecule has 0 amide bonds. The Labute approximate surface area is 188 Å². The molecule has 174 valence electrons. The van der Waals surface area contributed by atoms with Crippen LogP contribution in [0.5, 0.6) is 0 Å². The summed E-state index contributed by atoms with van der Waals surface area (Å²) in [4.78, 5) is 23.7. The molecule has 5 fully saturated rings. The van der Waals surface area contributed by atoms with Crippen LogP contribution in [0.4, 0.5) is 0 Å². The summed E-state index contributed by atoms with van der Waals surface area (Å²) in [6.07, 6.45) is 8.20. The van der Waals surface area contributed by atoms with Crippen molar-refractivity contribution in [3.8, 4) is 0 Å². The number of aliphatic hydroxyl groups is 1. The molecule has 4 aliphatic carbocycles. The zero-order valence-corrected chi connectivity index (χ0v) is 19.2. The third-order valence-electron chi connectivity index (χ3n) is 10.5. The lowest BCUT2D eigenvalue weighted by Crippen LogP contribution is -2.58. The molecule has 5 aliphatic rings. The molecule has 32 heavy (non-hydrogen) atoms. The number of epoxide rings is 1. The Morgan fingerprint density at radius 1 is 1.12 bits per heavy atom. The van der Waals surface area contributed by atoms with Gasteiger partial charge in [0.25, 0.3) is 0 Å². The molecule has 1 N–H and O–H groups in total. The van der Waals surface area contributed by atoms with E-state index >= 15 is 0 Å². The van der Waals surface area contributed by atoms with E-state index in [-0.39, 0.29) is 52.3 Å². The van der Waals surface area contributed by atoms with Gasteiger partial charge in [0.1, 0.15) is 17.8 Å². The van der Waals surface area contributed by atoms with Gasteiger partial charge < -0.3 is 19.0 Å². The van der Waals surface area contributed by atoms with E-state index in [4.69, 9.17) is 13.9 Å². The lowest BCUT2D eigenvalue weighted by molar-refractivity contribution is -0.158. The fourth-order valence-electron chi connectivity index (χ4n) is 9.10. The molecule has 0 bridgehead atoms. The summed E-state index contributed by atoms with van der Waals surface area (Å²) in [5.74, 6) is 1.24. The van der Waals surface area contributed by atoms with Gasteiger partial charge in [0.15, 0.2) is 0 Å². The molecular weight excluding hydrogens is 408 g/mol. The number of carbonyl (C=O) groups is 1. The second-order valence-corrected chi connectivity index (χ2v) is 11.6. The Bertz CT molecular complexity index is 982. The topological polar surface area (TPSA) is 89.3 Å². The zero-order chi connectivity index (χ0) is 22.5. The zero-order valence-electron chi connectivity index (χ0n) is 19.2. The first kappa shape index (κ1) is 20.9. The van der Waals surface area contributed by atoms with Crippen LogP contribution in [0.3, 0.4) is 0 Å². The van der Waals surface area contributed by atoms with Crippen LogP contribution < -0.4 is 5.63 Å². The first-order chi connectivity index (χ1) is 15.2. The Morgan fingerprint density at radius 3 is 2.66 bits per heavy atom. The molecule has 0 radical (unpaired) electrons. The highest BCUT2D eigenvalue weighted by Gasteiger charge is 2.84. The fourth-order valence-corrected chi connectivity index (χ4v) is 9.10. The Hall–Kier alpha value is -1.66. The van der Waals surface area contributed by atoms with Gasteiger partial charge in [-0.1, -0.05) is 13.8 Å². The lowest BCUT2D eigenvalue weighted by atomic mass is 9.44. The summed E-state index contributed by atoms with van der Waals surface area (Å²) in [6, 6.07) is 3.30. The Balaban J connectivity index is 1.41. The third-order valence-corrected chi connectivity index (χ3v) is 10.5. The highest BCUT2D eigenvalue weighted by atomic mass is 16.7. The SMILES string of the molecule is CC(=O)O[C@@H]1[C@H]2O[C@]23[C@@H]2CC[C@@H]4C[C@@H](O)CC[C@]4(C)[C@H]2CC[C@]3(C)[C@H]1c1ccc(=O)oc1. The van der Waals surface area contributed by atoms with E-state index in [2.05, 4.69) is 13.8 Å². The third kappa shape index (κ3) is 2.54. The van der Waals surface area contributed by atoms with Crippen LogP contribution in [0.1, 0.15) is 77.2 Å². The van der Waals surface area contributed by atoms with Crippen LogP contribution in [0, 0.1) is 28.6 Å². The standard InChI is InChI=1S/C26H34O6/c1-14(27)31-22-21(15-4-7-20(29)30-13-15)25(3)11-9-18-19(26(25)23(22)32-26)6-5-16-12-17(28)8-10-24(16,18)2/h4,7,13,16-19,21-23,28H,5-6,8-12H2,1-3H3/t16-,17+,18+,19-,21+,22+,23-,24+,25-,26-/m1/s1. The van der Waals surface area contributed by atoms with Gasteiger partial charge in [-0.3, -0.25) is 4.79 Å². The van der Waals surface area contributed by atoms with Crippen molar-refractivity contribution in [2.45, 2.75) is 95.5 Å². The molecule has 1 saturated heterocycles. The summed E-state index contributed by atoms with van der Waals surface area (Å²) in [5, 5.41) is 10.3. The molecular formula is C26H34O6. The van der Waals surface area contributed by atoms with Crippen molar-refractivity contribution in [3.05, 3.63) is 34.4 Å². The van der Waals surface area contributed by atoms with Crippen molar-refractivity contribution >= 4 is 5.97 Å². The monoisotopic (exact) mass is 442 g/mol. The van der Waals surface area contributed by atoms with Crippen molar-refractivity contribution in [2.24, 2.45) is 28.6 Å². The lowest BCUT2D eigenvalue weighted by Gasteiger charge is -2.61. The van der Waals surface area contributed by atoms with Crippen LogP contribution >= 0.6 is 0 Å². The molecule has 1 aromatic rings. The molecule has 4 saturated carbocycles. The molecule has 6 heteroatoms. The average molecular weight is 443 g/mol. The summed E-state index contributed by atoms with van der Waals surface area (Å²) in [6.45, 7) is 6.23. The molecule has 1 spiro atoms. The number of hydrogen-bond donors (Lipinski definition) is 1. The van der Waals surface area contributed by atoms with Crippen LogP contribution in [0.25, 0.3) is 0 Å². The van der Waals surface area contributed by atoms with Gasteiger partial charge in [0.05, 0.1) is 12.4 Å². The van der Waals surface area contributed by atoms with Crippen LogP contribution in [0.15, 0.2) is 27.6 Å². The number of esters is 1. The van der Waals surface area contributed by atoms with Crippen molar-refractivity contribution in [3.63, 3.8) is 0 Å². The van der Waals surface area contributed by atoms with Crippen molar-refractivity contribution < 1.29 is 23.8 Å². The summed E-state index contributed by atoms with van der Waals surface area (Å²) in [5.41, 5.74) is 0.319. The second-order valence-electron chi connectivity index (χ2n) is 11.6. The second kappa shape index (κ2) is 6.69. The largest absolute Gasteiger partial charge is 0.459 e. The van der Waals surface area contributed by atoms with Crippen LogP contribution in [-0.4, -0.2) is 35.0 Å². The molecule has 0 unspecified atom stereocenters. The van der Waals surface area contributed by atoms with E-state index in [1.807, 2.05) is 6.07 Å². The summed E-state index contributed by atoms with van der Waals surface area (Å²) in [7, 11) is 0. The van der Waals surface area contributed by atoms with Gasteiger partial charge in [0, 0.05) is 24.3 Å². The molecule has 6 rings (SSSR count). The van der Waals surface area contributed by atoms with Gasteiger partial charge in [-0.2, -0.15) is 0 Å². The maximum atomic E-state index is 12.1. The predicted molar refractivity (Wildman–Crippen MR) is 116 cm³/mol. The van der Waals surface area contributed by atoms with E-state index in [1.165, 1.54) is 13.0 Å². The molecule has 6 nitrogen and oxygen atoms in total. The van der Waals surface area contributed by atoms with Gasteiger partial charge in [-0.15, -0.1) is 0 Å². The number of fused-ring (bicyclic) bond motifs is 3. The van der Waals surface area contributed by atoms with Gasteiger partial charge >= 0.3 is 11.6 Å². The highest BCUT2D eigenvalue weighted by Crippen LogP contribution is 2.78. The molecule has 10 atom stereocenters. The van der Waals surface area contributed by atoms with Crippen molar-refractivity contribution in [2.75, 3.05) is 0 Å². The number of ether oxygens (including phenoxy) is 2. The first-order valence-electron chi connectivity index (χ1n) is 12.3. The highest BCUT2D eigenvalue weighted by molar-refractivity contribution is 5.66. The van der Waals surface area contributed by atoms with E-state index in [1.54, 1.807) is 6.26 Å². The number of aliphatic hydroxyl groups excluding tert-OH is 1. The Morgan fingerprint density at radius 2 is 1.94 bits per heavy atom. The molecule has 1 aromatic heterocycles. The maximum absolute atomic E-state index is 12.1. The van der Waals surface area contributed by atoms with Crippen molar-refractivity contribution in [1.82, 2.24) is 0 Å². The summed E-state index contributed by atoms with van der Waals surface area (Å²) < 4.78 is 17.8. The van der Waals surface area contributed by atoms with Gasteiger partial charge in [-0.05, 0) is 79.7 Å². The smallest absolute Gasteiger partial charge is 0.335 e. The minimum atomic E-state index is -0.369. The molecule has 0 aromatic carbocycles. The fraction of sp³-hybridized carbons (Fsp3) is 0.769. The average Bonchev–Trinajstić information content (AvgIpc) is 3.44.